The van der Waals surface area contributed by atoms with E-state index < -0.39 is 22.0 Å². The van der Waals surface area contributed by atoms with E-state index in [-0.39, 0.29) is 17.4 Å². The van der Waals surface area contributed by atoms with Gasteiger partial charge in [0.05, 0.1) is 36.9 Å². The Balaban J connectivity index is 2.62. The molecule has 0 spiro atoms. The number of carbonyl (C=O) groups is 1. The summed E-state index contributed by atoms with van der Waals surface area (Å²) in [5, 5.41) is 4.38. The zero-order valence-electron chi connectivity index (χ0n) is 19.9. The number of hydrazone groups is 1. The molecule has 0 fully saturated rings. The molecule has 2 rings (SSSR count). The lowest BCUT2D eigenvalue weighted by Gasteiger charge is -2.29. The van der Waals surface area contributed by atoms with Crippen LogP contribution in [0.5, 0.6) is 11.5 Å². The number of sulfonamides is 1. The average Bonchev–Trinajstić information content (AvgIpc) is 2.77. The number of nitrogens with zero attached hydrogens (tertiary/aromatic N) is 2. The molecule has 33 heavy (non-hydrogen) atoms. The lowest BCUT2D eigenvalue weighted by molar-refractivity contribution is -0.142. The maximum atomic E-state index is 13.7. The number of rotatable bonds is 11. The van der Waals surface area contributed by atoms with Gasteiger partial charge in [-0.15, -0.1) is 0 Å². The molecule has 1 atom stereocenters. The van der Waals surface area contributed by atoms with E-state index in [1.54, 1.807) is 30.3 Å². The lowest BCUT2D eigenvalue weighted by atomic mass is 10.1. The van der Waals surface area contributed by atoms with Gasteiger partial charge in [-0.1, -0.05) is 37.6 Å². The average molecular weight is 477 g/mol. The molecule has 1 unspecified atom stereocenters. The smallest absolute Gasteiger partial charge is 0.302 e. The highest BCUT2D eigenvalue weighted by Crippen LogP contribution is 2.28. The van der Waals surface area contributed by atoms with Crippen LogP contribution in [-0.2, 0) is 19.6 Å². The van der Waals surface area contributed by atoms with Gasteiger partial charge in [-0.25, -0.2) is 0 Å². The highest BCUT2D eigenvalue weighted by molar-refractivity contribution is 7.89. The molecule has 0 saturated heterocycles. The first-order valence-corrected chi connectivity index (χ1v) is 12.0. The van der Waals surface area contributed by atoms with Crippen molar-refractivity contribution in [2.24, 2.45) is 11.0 Å². The van der Waals surface area contributed by atoms with Crippen LogP contribution in [-0.4, -0.2) is 51.9 Å². The van der Waals surface area contributed by atoms with Gasteiger partial charge in [-0.3, -0.25) is 4.79 Å². The first kappa shape index (κ1) is 26.2. The quantitative estimate of drug-likeness (QED) is 0.276. The van der Waals surface area contributed by atoms with Crippen LogP contribution < -0.4 is 9.47 Å². The van der Waals surface area contributed by atoms with E-state index in [4.69, 9.17) is 14.2 Å². The predicted octanol–water partition coefficient (Wildman–Crippen LogP) is 4.01. The second-order valence-electron chi connectivity index (χ2n) is 8.00. The van der Waals surface area contributed by atoms with E-state index in [1.807, 2.05) is 20.8 Å². The van der Waals surface area contributed by atoms with Crippen LogP contribution in [0, 0.1) is 12.8 Å². The van der Waals surface area contributed by atoms with Crippen molar-refractivity contribution in [3.05, 3.63) is 53.6 Å². The summed E-state index contributed by atoms with van der Waals surface area (Å²) >= 11 is 0. The van der Waals surface area contributed by atoms with Crippen molar-refractivity contribution >= 4 is 22.2 Å². The van der Waals surface area contributed by atoms with Crippen LogP contribution in [0.4, 0.5) is 0 Å². The van der Waals surface area contributed by atoms with Gasteiger partial charge in [0.2, 0.25) is 0 Å². The fourth-order valence-electron chi connectivity index (χ4n) is 3.27. The van der Waals surface area contributed by atoms with Gasteiger partial charge in [0, 0.05) is 6.92 Å². The lowest BCUT2D eigenvalue weighted by Crippen LogP contribution is -2.40. The standard InChI is InChI=1S/C24H32N2O6S/c1-17(2)14-20(16-32-19(4)27)26(33(28,29)21-12-10-18(3)11-13-21)25-15-22-23(30-5)8-7-9-24(22)31-6/h7-13,15,17,20H,14,16H2,1-6H3/b25-15+. The Bertz CT molecular complexity index is 1040. The van der Waals surface area contributed by atoms with E-state index in [1.165, 1.54) is 39.5 Å². The SMILES string of the molecule is COc1cccc(OC)c1/C=N/N(C(COC(C)=O)CC(C)C)S(=O)(=O)c1ccc(C)cc1. The van der Waals surface area contributed by atoms with Crippen LogP contribution in [0.2, 0.25) is 0 Å². The molecule has 8 nitrogen and oxygen atoms in total. The summed E-state index contributed by atoms with van der Waals surface area (Å²) in [5.74, 6) is 0.585. The highest BCUT2D eigenvalue weighted by Gasteiger charge is 2.32. The van der Waals surface area contributed by atoms with Gasteiger partial charge in [0.15, 0.2) is 0 Å². The van der Waals surface area contributed by atoms with Crippen molar-refractivity contribution in [2.45, 2.75) is 45.1 Å². The van der Waals surface area contributed by atoms with Gasteiger partial charge >= 0.3 is 5.97 Å². The molecule has 0 radical (unpaired) electrons. The van der Waals surface area contributed by atoms with Crippen LogP contribution in [0.3, 0.4) is 0 Å². The molecule has 0 aliphatic carbocycles. The van der Waals surface area contributed by atoms with Gasteiger partial charge < -0.3 is 14.2 Å². The molecule has 0 aromatic heterocycles. The maximum Gasteiger partial charge on any atom is 0.302 e. The third kappa shape index (κ3) is 6.95. The van der Waals surface area contributed by atoms with Gasteiger partial charge in [0.1, 0.15) is 18.1 Å². The summed E-state index contributed by atoms with van der Waals surface area (Å²) in [6.45, 7) is 6.96. The third-order valence-corrected chi connectivity index (χ3v) is 6.62. The van der Waals surface area contributed by atoms with Crippen molar-refractivity contribution in [3.63, 3.8) is 0 Å². The first-order valence-electron chi connectivity index (χ1n) is 10.6. The topological polar surface area (TPSA) is 94.5 Å². The second kappa shape index (κ2) is 11.7. The van der Waals surface area contributed by atoms with E-state index in [2.05, 4.69) is 5.10 Å². The second-order valence-corrected chi connectivity index (χ2v) is 9.79. The number of esters is 1. The van der Waals surface area contributed by atoms with E-state index in [0.29, 0.717) is 23.5 Å². The fraction of sp³-hybridized carbons (Fsp3) is 0.417. The Morgan fingerprint density at radius 2 is 1.64 bits per heavy atom. The molecule has 0 heterocycles. The molecule has 0 aliphatic heterocycles. The van der Waals surface area contributed by atoms with Crippen molar-refractivity contribution in [2.75, 3.05) is 20.8 Å². The molecular weight excluding hydrogens is 444 g/mol. The van der Waals surface area contributed by atoms with E-state index >= 15 is 0 Å². The molecule has 0 bridgehead atoms. The van der Waals surface area contributed by atoms with Crippen LogP contribution in [0.15, 0.2) is 52.5 Å². The summed E-state index contributed by atoms with van der Waals surface area (Å²) in [6.07, 6.45) is 1.82. The number of methoxy groups -OCH3 is 2. The third-order valence-electron chi connectivity index (χ3n) is 4.87. The molecule has 0 N–H and O–H groups in total. The molecule has 9 heteroatoms. The zero-order valence-corrected chi connectivity index (χ0v) is 20.8. The van der Waals surface area contributed by atoms with Crippen LogP contribution >= 0.6 is 0 Å². The largest absolute Gasteiger partial charge is 0.496 e. The van der Waals surface area contributed by atoms with Crippen molar-refractivity contribution < 1.29 is 27.4 Å². The minimum absolute atomic E-state index is 0.0915. The number of hydrogen-bond acceptors (Lipinski definition) is 7. The van der Waals surface area contributed by atoms with Gasteiger partial charge in [-0.2, -0.15) is 17.9 Å². The monoisotopic (exact) mass is 476 g/mol. The number of hydrogen-bond donors (Lipinski definition) is 0. The maximum absolute atomic E-state index is 13.7. The molecule has 0 saturated carbocycles. The molecular formula is C24H32N2O6S. The van der Waals surface area contributed by atoms with Crippen molar-refractivity contribution in [3.8, 4) is 11.5 Å². The normalized spacial score (nSPS) is 12.6. The summed E-state index contributed by atoms with van der Waals surface area (Å²) in [7, 11) is -1.04. The Labute approximate surface area is 196 Å². The molecule has 2 aromatic carbocycles. The Hall–Kier alpha value is -3.07. The predicted molar refractivity (Wildman–Crippen MR) is 127 cm³/mol. The molecule has 0 aliphatic rings. The van der Waals surface area contributed by atoms with E-state index in [0.717, 1.165) is 9.98 Å². The zero-order chi connectivity index (χ0) is 24.6. The van der Waals surface area contributed by atoms with Crippen LogP contribution in [0.1, 0.15) is 38.3 Å². The molecule has 0 amide bonds. The summed E-state index contributed by atoms with van der Waals surface area (Å²) in [6, 6.07) is 11.0. The summed E-state index contributed by atoms with van der Waals surface area (Å²) in [4.78, 5) is 11.6. The summed E-state index contributed by atoms with van der Waals surface area (Å²) in [5.41, 5.74) is 1.42. The minimum Gasteiger partial charge on any atom is -0.496 e. The number of benzene rings is 2. The Morgan fingerprint density at radius 3 is 2.12 bits per heavy atom. The summed E-state index contributed by atoms with van der Waals surface area (Å²) < 4.78 is 44.3. The Kier molecular flexibility index (Phi) is 9.28. The van der Waals surface area contributed by atoms with Crippen molar-refractivity contribution in [1.82, 2.24) is 4.41 Å². The first-order chi connectivity index (χ1) is 15.6. The Morgan fingerprint density at radius 1 is 1.06 bits per heavy atom. The minimum atomic E-state index is -4.06. The number of ether oxygens (including phenoxy) is 3. The van der Waals surface area contributed by atoms with Gasteiger partial charge in [-0.05, 0) is 43.5 Å². The highest BCUT2D eigenvalue weighted by atomic mass is 32.2. The molecule has 2 aromatic rings. The van der Waals surface area contributed by atoms with E-state index in [9.17, 15) is 13.2 Å². The van der Waals surface area contributed by atoms with Crippen molar-refractivity contribution in [1.29, 1.82) is 0 Å². The molecule has 180 valence electrons. The number of carbonyl (C=O) groups excluding carboxylic acids is 1. The van der Waals surface area contributed by atoms with Gasteiger partial charge in [0.25, 0.3) is 10.0 Å². The number of aryl methyl sites for hydroxylation is 1. The fourth-order valence-corrected chi connectivity index (χ4v) is 4.68. The van der Waals surface area contributed by atoms with Crippen LogP contribution in [0.25, 0.3) is 0 Å².